The van der Waals surface area contributed by atoms with Crippen LogP contribution < -0.4 is 9.64 Å². The number of carbonyl (C=O) groups excluding carboxylic acids is 2. The van der Waals surface area contributed by atoms with Crippen LogP contribution in [0, 0.1) is 11.6 Å². The summed E-state index contributed by atoms with van der Waals surface area (Å²) in [6, 6.07) is 17.5. The normalized spacial score (nSPS) is 15.8. The van der Waals surface area contributed by atoms with E-state index in [0.29, 0.717) is 30.8 Å². The third-order valence-electron chi connectivity index (χ3n) is 6.03. The van der Waals surface area contributed by atoms with Crippen molar-refractivity contribution in [3.63, 3.8) is 0 Å². The van der Waals surface area contributed by atoms with Crippen LogP contribution in [0.5, 0.6) is 5.75 Å². The maximum atomic E-state index is 14.6. The molecular formula is C26H20F2N2O3. The summed E-state index contributed by atoms with van der Waals surface area (Å²) < 4.78 is 34.0. The molecule has 0 unspecified atom stereocenters. The molecule has 0 aromatic heterocycles. The number of rotatable bonds is 4. The molecule has 5 rings (SSSR count). The first-order valence-electron chi connectivity index (χ1n) is 10.5. The second-order valence-electron chi connectivity index (χ2n) is 7.91. The maximum Gasteiger partial charge on any atom is 0.282 e. The lowest BCUT2D eigenvalue weighted by molar-refractivity contribution is -0.120. The summed E-state index contributed by atoms with van der Waals surface area (Å²) in [6.07, 6.45) is 0.689. The molecule has 7 heteroatoms. The summed E-state index contributed by atoms with van der Waals surface area (Å²) in [5, 5.41) is 0. The van der Waals surface area contributed by atoms with Gasteiger partial charge in [0.15, 0.2) is 0 Å². The summed E-state index contributed by atoms with van der Waals surface area (Å²) in [4.78, 5) is 29.8. The second kappa shape index (κ2) is 8.16. The number of nitrogens with zero attached hydrogens (tertiary/aromatic N) is 2. The number of fused-ring (bicyclic) bond motifs is 1. The number of benzene rings is 3. The van der Waals surface area contributed by atoms with Crippen LogP contribution in [-0.2, 0) is 22.6 Å². The van der Waals surface area contributed by atoms with E-state index in [4.69, 9.17) is 4.74 Å². The Balaban J connectivity index is 1.68. The van der Waals surface area contributed by atoms with E-state index in [1.807, 2.05) is 29.2 Å². The monoisotopic (exact) mass is 446 g/mol. The van der Waals surface area contributed by atoms with Crippen molar-refractivity contribution in [2.45, 2.75) is 13.0 Å². The molecular weight excluding hydrogens is 426 g/mol. The number of para-hydroxylation sites is 1. The lowest BCUT2D eigenvalue weighted by atomic mass is 9.97. The molecule has 0 saturated heterocycles. The highest BCUT2D eigenvalue weighted by molar-refractivity contribution is 6.45. The number of methoxy groups -OCH3 is 1. The highest BCUT2D eigenvalue weighted by Crippen LogP contribution is 2.40. The van der Waals surface area contributed by atoms with Crippen LogP contribution in [0.2, 0.25) is 0 Å². The van der Waals surface area contributed by atoms with Gasteiger partial charge < -0.3 is 9.64 Å². The zero-order valence-corrected chi connectivity index (χ0v) is 17.8. The minimum absolute atomic E-state index is 0.112. The van der Waals surface area contributed by atoms with E-state index in [9.17, 15) is 18.4 Å². The molecule has 0 spiro atoms. The topological polar surface area (TPSA) is 49.9 Å². The summed E-state index contributed by atoms with van der Waals surface area (Å²) in [5.41, 5.74) is 2.50. The SMILES string of the molecule is COc1ccccc1C1=C(N2CCc3ccccc3C2)C(=O)N(c2cc(F)ccc2F)C1=O. The van der Waals surface area contributed by atoms with E-state index >= 15 is 0 Å². The van der Waals surface area contributed by atoms with Gasteiger partial charge >= 0.3 is 0 Å². The predicted octanol–water partition coefficient (Wildman–Crippen LogP) is 4.32. The molecule has 0 fully saturated rings. The molecule has 0 aliphatic carbocycles. The van der Waals surface area contributed by atoms with Crippen LogP contribution in [0.25, 0.3) is 5.57 Å². The van der Waals surface area contributed by atoms with E-state index < -0.39 is 29.1 Å². The van der Waals surface area contributed by atoms with Gasteiger partial charge in [-0.1, -0.05) is 42.5 Å². The van der Waals surface area contributed by atoms with Crippen molar-refractivity contribution in [1.82, 2.24) is 4.90 Å². The molecule has 0 saturated carbocycles. The van der Waals surface area contributed by atoms with Crippen molar-refractivity contribution in [2.24, 2.45) is 0 Å². The summed E-state index contributed by atoms with van der Waals surface area (Å²) in [7, 11) is 1.47. The van der Waals surface area contributed by atoms with Crippen molar-refractivity contribution in [2.75, 3.05) is 18.6 Å². The van der Waals surface area contributed by atoms with Gasteiger partial charge in [-0.25, -0.2) is 13.7 Å². The molecule has 0 N–H and O–H groups in total. The number of carbonyl (C=O) groups is 2. The lowest BCUT2D eigenvalue weighted by Crippen LogP contribution is -2.37. The fourth-order valence-corrected chi connectivity index (χ4v) is 4.47. The Labute approximate surface area is 189 Å². The molecule has 0 atom stereocenters. The van der Waals surface area contributed by atoms with Crippen LogP contribution in [0.1, 0.15) is 16.7 Å². The van der Waals surface area contributed by atoms with Gasteiger partial charge in [0.2, 0.25) is 0 Å². The largest absolute Gasteiger partial charge is 0.496 e. The van der Waals surface area contributed by atoms with Gasteiger partial charge in [0.05, 0.1) is 18.4 Å². The summed E-state index contributed by atoms with van der Waals surface area (Å²) >= 11 is 0. The molecule has 0 bridgehead atoms. The standard InChI is InChI=1S/C26H20F2N2O3/c1-33-22-9-5-4-8-19(22)23-24(29-13-12-16-6-2-3-7-17(16)15-29)26(32)30(25(23)31)21-14-18(27)10-11-20(21)28/h2-11,14H,12-13,15H2,1H3. The summed E-state index contributed by atoms with van der Waals surface area (Å²) in [5.74, 6) is -2.60. The Morgan fingerprint density at radius 2 is 1.61 bits per heavy atom. The van der Waals surface area contributed by atoms with Crippen molar-refractivity contribution < 1.29 is 23.1 Å². The lowest BCUT2D eigenvalue weighted by Gasteiger charge is -2.31. The minimum atomic E-state index is -0.859. The van der Waals surface area contributed by atoms with E-state index in [0.717, 1.165) is 28.7 Å². The number of hydrogen-bond acceptors (Lipinski definition) is 4. The molecule has 166 valence electrons. The number of imide groups is 1. The number of hydrogen-bond donors (Lipinski definition) is 0. The maximum absolute atomic E-state index is 14.6. The van der Waals surface area contributed by atoms with Gasteiger partial charge in [-0.05, 0) is 35.7 Å². The zero-order valence-electron chi connectivity index (χ0n) is 17.8. The van der Waals surface area contributed by atoms with Crippen molar-refractivity contribution >= 4 is 23.1 Å². The first-order chi connectivity index (χ1) is 16.0. The Hall–Kier alpha value is -4.00. The third kappa shape index (κ3) is 3.46. The number of anilines is 1. The molecule has 2 heterocycles. The van der Waals surface area contributed by atoms with E-state index in [-0.39, 0.29) is 11.3 Å². The van der Waals surface area contributed by atoms with Crippen molar-refractivity contribution in [3.05, 3.63) is 101 Å². The molecule has 2 aliphatic heterocycles. The van der Waals surface area contributed by atoms with Gasteiger partial charge in [-0.2, -0.15) is 0 Å². The Bertz CT molecular complexity index is 1320. The molecule has 33 heavy (non-hydrogen) atoms. The minimum Gasteiger partial charge on any atom is -0.496 e. The zero-order chi connectivity index (χ0) is 23.1. The van der Waals surface area contributed by atoms with Crippen LogP contribution >= 0.6 is 0 Å². The first kappa shape index (κ1) is 20.9. The second-order valence-corrected chi connectivity index (χ2v) is 7.91. The van der Waals surface area contributed by atoms with E-state index in [2.05, 4.69) is 0 Å². The number of ether oxygens (including phenoxy) is 1. The van der Waals surface area contributed by atoms with Crippen LogP contribution in [0.3, 0.4) is 0 Å². The Kier molecular flexibility index (Phi) is 5.17. The predicted molar refractivity (Wildman–Crippen MR) is 119 cm³/mol. The quantitative estimate of drug-likeness (QED) is 0.561. The van der Waals surface area contributed by atoms with Crippen LogP contribution in [0.4, 0.5) is 14.5 Å². The van der Waals surface area contributed by atoms with Crippen molar-refractivity contribution in [1.29, 1.82) is 0 Å². The highest BCUT2D eigenvalue weighted by Gasteiger charge is 2.44. The average molecular weight is 446 g/mol. The Morgan fingerprint density at radius 1 is 0.879 bits per heavy atom. The molecule has 0 radical (unpaired) electrons. The smallest absolute Gasteiger partial charge is 0.282 e. The molecule has 5 nitrogen and oxygen atoms in total. The van der Waals surface area contributed by atoms with Crippen molar-refractivity contribution in [3.8, 4) is 5.75 Å². The Morgan fingerprint density at radius 3 is 2.39 bits per heavy atom. The number of amides is 2. The van der Waals surface area contributed by atoms with Gasteiger partial charge in [0.25, 0.3) is 11.8 Å². The van der Waals surface area contributed by atoms with Crippen LogP contribution in [-0.4, -0.2) is 30.4 Å². The molecule has 2 amide bonds. The van der Waals surface area contributed by atoms with Gasteiger partial charge in [-0.3, -0.25) is 9.59 Å². The third-order valence-corrected chi connectivity index (χ3v) is 6.03. The van der Waals surface area contributed by atoms with Gasteiger partial charge in [0.1, 0.15) is 23.1 Å². The first-order valence-corrected chi connectivity index (χ1v) is 10.5. The fraction of sp³-hybridized carbons (Fsp3) is 0.154. The molecule has 3 aromatic carbocycles. The summed E-state index contributed by atoms with van der Waals surface area (Å²) in [6.45, 7) is 0.923. The molecule has 2 aliphatic rings. The van der Waals surface area contributed by atoms with Gasteiger partial charge in [0, 0.05) is 24.7 Å². The van der Waals surface area contributed by atoms with E-state index in [1.165, 1.54) is 12.7 Å². The van der Waals surface area contributed by atoms with Gasteiger partial charge in [-0.15, -0.1) is 0 Å². The highest BCUT2D eigenvalue weighted by atomic mass is 19.1. The molecule has 3 aromatic rings. The number of halogens is 2. The van der Waals surface area contributed by atoms with E-state index in [1.54, 1.807) is 24.3 Å². The fourth-order valence-electron chi connectivity index (χ4n) is 4.47. The van der Waals surface area contributed by atoms with Crippen LogP contribution in [0.15, 0.2) is 72.4 Å². The average Bonchev–Trinajstić information content (AvgIpc) is 3.09.